The summed E-state index contributed by atoms with van der Waals surface area (Å²) in [6.45, 7) is -0.0123. The first-order valence-electron chi connectivity index (χ1n) is 8.27. The van der Waals surface area contributed by atoms with Crippen molar-refractivity contribution in [2.75, 3.05) is 6.54 Å². The van der Waals surface area contributed by atoms with Gasteiger partial charge in [-0.15, -0.1) is 11.3 Å². The molecule has 1 unspecified atom stereocenters. The molecule has 136 valence electrons. The number of hydrogen-bond donors (Lipinski definition) is 2. The van der Waals surface area contributed by atoms with E-state index in [0.717, 1.165) is 10.2 Å². The summed E-state index contributed by atoms with van der Waals surface area (Å²) in [7, 11) is 0. The maximum absolute atomic E-state index is 12.9. The van der Waals surface area contributed by atoms with Gasteiger partial charge in [0.05, 0.1) is 16.3 Å². The first-order chi connectivity index (χ1) is 13.1. The van der Waals surface area contributed by atoms with E-state index in [1.54, 1.807) is 12.1 Å². The second-order valence-electron chi connectivity index (χ2n) is 5.93. The van der Waals surface area contributed by atoms with Crippen LogP contribution in [0.5, 0.6) is 0 Å². The summed E-state index contributed by atoms with van der Waals surface area (Å²) in [6, 6.07) is 16.5. The largest absolute Gasteiger partial charge is 0.448 e. The number of carbonyl (C=O) groups excluding carboxylic acids is 1. The van der Waals surface area contributed by atoms with Gasteiger partial charge >= 0.3 is 0 Å². The number of nitrogens with one attached hydrogen (secondary N) is 1. The molecule has 0 bridgehead atoms. The summed E-state index contributed by atoms with van der Waals surface area (Å²) in [4.78, 5) is 16.8. The third-order valence-electron chi connectivity index (χ3n) is 4.05. The zero-order valence-electron chi connectivity index (χ0n) is 14.1. The zero-order valence-corrected chi connectivity index (χ0v) is 14.9. The molecule has 0 radical (unpaired) electrons. The predicted octanol–water partition coefficient (Wildman–Crippen LogP) is 4.16. The first kappa shape index (κ1) is 17.4. The minimum Gasteiger partial charge on any atom is -0.448 e. The lowest BCUT2D eigenvalue weighted by Crippen LogP contribution is -2.28. The van der Waals surface area contributed by atoms with E-state index in [9.17, 15) is 14.3 Å². The molecule has 1 amide bonds. The fraction of sp³-hybridized carbons (Fsp3) is 0.100. The molecule has 0 spiro atoms. The quantitative estimate of drug-likeness (QED) is 0.543. The van der Waals surface area contributed by atoms with Crippen LogP contribution in [0.4, 0.5) is 4.39 Å². The fourth-order valence-electron chi connectivity index (χ4n) is 2.63. The van der Waals surface area contributed by atoms with Crippen molar-refractivity contribution in [2.24, 2.45) is 0 Å². The molecule has 0 aliphatic rings. The monoisotopic (exact) mass is 382 g/mol. The van der Waals surface area contributed by atoms with Crippen LogP contribution in [0.2, 0.25) is 0 Å². The number of hydrogen-bond acceptors (Lipinski definition) is 5. The van der Waals surface area contributed by atoms with Gasteiger partial charge in [0.25, 0.3) is 5.91 Å². The van der Waals surface area contributed by atoms with Gasteiger partial charge in [-0.25, -0.2) is 9.37 Å². The van der Waals surface area contributed by atoms with Gasteiger partial charge in [0.1, 0.15) is 5.82 Å². The van der Waals surface area contributed by atoms with Gasteiger partial charge in [-0.05, 0) is 42.0 Å². The molecule has 4 aromatic rings. The van der Waals surface area contributed by atoms with Crippen LogP contribution in [-0.2, 0) is 0 Å². The molecule has 0 aliphatic heterocycles. The van der Waals surface area contributed by atoms with E-state index in [4.69, 9.17) is 4.42 Å². The minimum absolute atomic E-state index is 0.0123. The molecule has 2 aromatic carbocycles. The Bertz CT molecular complexity index is 1060. The van der Waals surface area contributed by atoms with Crippen LogP contribution in [0, 0.1) is 5.82 Å². The molecule has 0 fully saturated rings. The van der Waals surface area contributed by atoms with Gasteiger partial charge in [0.2, 0.25) is 0 Å². The van der Waals surface area contributed by atoms with Crippen molar-refractivity contribution in [3.05, 3.63) is 77.8 Å². The summed E-state index contributed by atoms with van der Waals surface area (Å²) in [5.74, 6) is -0.174. The second kappa shape index (κ2) is 7.30. The van der Waals surface area contributed by atoms with Crippen molar-refractivity contribution in [3.63, 3.8) is 0 Å². The Morgan fingerprint density at radius 1 is 1.15 bits per heavy atom. The van der Waals surface area contributed by atoms with Gasteiger partial charge in [0.15, 0.2) is 16.5 Å². The topological polar surface area (TPSA) is 75.4 Å². The molecule has 0 saturated heterocycles. The number of thiazole rings is 1. The Morgan fingerprint density at radius 2 is 1.93 bits per heavy atom. The molecule has 7 heteroatoms. The lowest BCUT2D eigenvalue weighted by molar-refractivity contribution is 0.0890. The predicted molar refractivity (Wildman–Crippen MR) is 101 cm³/mol. The molecular formula is C20H15FN2O3S. The molecular weight excluding hydrogens is 367 g/mol. The van der Waals surface area contributed by atoms with Crippen LogP contribution in [0.1, 0.15) is 22.2 Å². The third-order valence-corrected chi connectivity index (χ3v) is 5.10. The smallest absolute Gasteiger partial charge is 0.287 e. The SMILES string of the molecule is O=C(NCC(O)c1ccc(F)cc1)c1ccc(-c2nc3ccccc3s2)o1. The number of rotatable bonds is 5. The zero-order chi connectivity index (χ0) is 18.8. The minimum atomic E-state index is -0.937. The summed E-state index contributed by atoms with van der Waals surface area (Å²) < 4.78 is 19.6. The molecule has 2 N–H and O–H groups in total. The molecule has 2 heterocycles. The van der Waals surface area contributed by atoms with E-state index < -0.39 is 12.0 Å². The maximum atomic E-state index is 12.9. The number of carbonyl (C=O) groups is 1. The normalized spacial score (nSPS) is 12.2. The number of aliphatic hydroxyl groups excluding tert-OH is 1. The van der Waals surface area contributed by atoms with Crippen LogP contribution in [0.15, 0.2) is 65.1 Å². The number of para-hydroxylation sites is 1. The molecule has 1 atom stereocenters. The van der Waals surface area contributed by atoms with Crippen molar-refractivity contribution in [1.29, 1.82) is 0 Å². The Morgan fingerprint density at radius 3 is 2.70 bits per heavy atom. The Balaban J connectivity index is 1.43. The Kier molecular flexibility index (Phi) is 4.70. The van der Waals surface area contributed by atoms with E-state index in [2.05, 4.69) is 10.3 Å². The Labute approximate surface area is 158 Å². The highest BCUT2D eigenvalue weighted by Crippen LogP contribution is 2.31. The van der Waals surface area contributed by atoms with Crippen LogP contribution in [0.25, 0.3) is 21.0 Å². The number of aromatic nitrogens is 1. The van der Waals surface area contributed by atoms with Gasteiger partial charge in [-0.3, -0.25) is 4.79 Å². The summed E-state index contributed by atoms with van der Waals surface area (Å²) in [6.07, 6.45) is -0.937. The second-order valence-corrected chi connectivity index (χ2v) is 6.96. The van der Waals surface area contributed by atoms with Gasteiger partial charge < -0.3 is 14.8 Å². The van der Waals surface area contributed by atoms with Crippen LogP contribution >= 0.6 is 11.3 Å². The highest BCUT2D eigenvalue weighted by Gasteiger charge is 2.16. The van der Waals surface area contributed by atoms with Crippen molar-refractivity contribution < 1.29 is 18.7 Å². The maximum Gasteiger partial charge on any atom is 0.287 e. The average molecular weight is 382 g/mol. The van der Waals surface area contributed by atoms with Crippen LogP contribution in [-0.4, -0.2) is 22.5 Å². The summed E-state index contributed by atoms with van der Waals surface area (Å²) >= 11 is 1.48. The highest BCUT2D eigenvalue weighted by atomic mass is 32.1. The van der Waals surface area contributed by atoms with Crippen molar-refractivity contribution >= 4 is 27.5 Å². The van der Waals surface area contributed by atoms with Crippen molar-refractivity contribution in [3.8, 4) is 10.8 Å². The van der Waals surface area contributed by atoms with Crippen molar-refractivity contribution in [2.45, 2.75) is 6.10 Å². The molecule has 0 aliphatic carbocycles. The fourth-order valence-corrected chi connectivity index (χ4v) is 3.56. The highest BCUT2D eigenvalue weighted by molar-refractivity contribution is 7.21. The van der Waals surface area contributed by atoms with Gasteiger partial charge in [-0.2, -0.15) is 0 Å². The van der Waals surface area contributed by atoms with Crippen LogP contribution < -0.4 is 5.32 Å². The molecule has 4 rings (SSSR count). The lowest BCUT2D eigenvalue weighted by atomic mass is 10.1. The number of fused-ring (bicyclic) bond motifs is 1. The van der Waals surface area contributed by atoms with E-state index in [1.165, 1.54) is 35.6 Å². The number of amides is 1. The number of aliphatic hydroxyl groups is 1. The number of benzene rings is 2. The van der Waals surface area contributed by atoms with Crippen molar-refractivity contribution in [1.82, 2.24) is 10.3 Å². The summed E-state index contributed by atoms with van der Waals surface area (Å²) in [5.41, 5.74) is 1.40. The van der Waals surface area contributed by atoms with Crippen LogP contribution in [0.3, 0.4) is 0 Å². The number of halogens is 1. The van der Waals surface area contributed by atoms with Gasteiger partial charge in [-0.1, -0.05) is 24.3 Å². The molecule has 27 heavy (non-hydrogen) atoms. The van der Waals surface area contributed by atoms with E-state index >= 15 is 0 Å². The number of furan rings is 1. The first-order valence-corrected chi connectivity index (χ1v) is 9.09. The van der Waals surface area contributed by atoms with Gasteiger partial charge in [0, 0.05) is 6.54 Å². The Hall–Kier alpha value is -3.03. The third kappa shape index (κ3) is 3.74. The molecule has 0 saturated carbocycles. The molecule has 5 nitrogen and oxygen atoms in total. The lowest BCUT2D eigenvalue weighted by Gasteiger charge is -2.11. The standard InChI is InChI=1S/C20H15FN2O3S/c21-13-7-5-12(6-8-13)15(24)11-22-19(25)16-9-10-17(26-16)20-23-14-3-1-2-4-18(14)27-20/h1-10,15,24H,11H2,(H,22,25). The average Bonchev–Trinajstić information content (AvgIpc) is 3.33. The van der Waals surface area contributed by atoms with E-state index in [-0.39, 0.29) is 18.1 Å². The molecule has 2 aromatic heterocycles. The number of nitrogens with zero attached hydrogens (tertiary/aromatic N) is 1. The van der Waals surface area contributed by atoms with E-state index in [0.29, 0.717) is 16.3 Å². The summed E-state index contributed by atoms with van der Waals surface area (Å²) in [5, 5.41) is 13.4. The van der Waals surface area contributed by atoms with E-state index in [1.807, 2.05) is 24.3 Å².